The Labute approximate surface area is 190 Å². The first kappa shape index (κ1) is 23.7. The molecule has 7 heteroatoms. The van der Waals surface area contributed by atoms with Gasteiger partial charge in [-0.15, -0.1) is 0 Å². The molecule has 6 N–H and O–H groups in total. The van der Waals surface area contributed by atoms with Gasteiger partial charge in [-0.2, -0.15) is 0 Å². The number of hydrogen-bond acceptors (Lipinski definition) is 5. The smallest absolute Gasteiger partial charge is 0.203 e. The predicted molar refractivity (Wildman–Crippen MR) is 128 cm³/mol. The summed E-state index contributed by atoms with van der Waals surface area (Å²) in [6, 6.07) is 8.18. The van der Waals surface area contributed by atoms with Crippen LogP contribution in [-0.2, 0) is 12.8 Å². The van der Waals surface area contributed by atoms with E-state index in [9.17, 15) is 5.11 Å². The van der Waals surface area contributed by atoms with Crippen molar-refractivity contribution < 1.29 is 14.6 Å². The standard InChI is InChI=1S/C25H36N4O3/c1-16-17(2)23-21(18(3)22(16)30)11-12-25(4,32-23)13-15-31-20-9-7-19(8-10-20)6-5-14-28-24(26)29-27/h7-10,30H,5-6,11-15,27H2,1-4H3,(H3,26,28,29). The molecule has 0 spiro atoms. The summed E-state index contributed by atoms with van der Waals surface area (Å²) in [5, 5.41) is 10.4. The highest BCUT2D eigenvalue weighted by Gasteiger charge is 2.34. The maximum atomic E-state index is 10.4. The molecule has 2 aromatic rings. The van der Waals surface area contributed by atoms with E-state index < -0.39 is 0 Å². The largest absolute Gasteiger partial charge is 0.507 e. The molecule has 1 aliphatic heterocycles. The molecule has 0 aromatic heterocycles. The van der Waals surface area contributed by atoms with E-state index in [0.29, 0.717) is 18.9 Å². The Morgan fingerprint density at radius 1 is 1.19 bits per heavy atom. The first-order chi connectivity index (χ1) is 15.2. The van der Waals surface area contributed by atoms with Crippen molar-refractivity contribution in [3.8, 4) is 17.2 Å². The van der Waals surface area contributed by atoms with Crippen molar-refractivity contribution in [2.75, 3.05) is 13.2 Å². The van der Waals surface area contributed by atoms with Crippen molar-refractivity contribution in [2.45, 2.75) is 65.4 Å². The maximum Gasteiger partial charge on any atom is 0.203 e. The lowest BCUT2D eigenvalue weighted by atomic mass is 9.86. The minimum Gasteiger partial charge on any atom is -0.507 e. The topological polar surface area (TPSA) is 115 Å². The van der Waals surface area contributed by atoms with Gasteiger partial charge in [0.15, 0.2) is 0 Å². The third-order valence-electron chi connectivity index (χ3n) is 6.47. The molecule has 1 atom stereocenters. The van der Waals surface area contributed by atoms with Crippen molar-refractivity contribution in [1.29, 1.82) is 0 Å². The highest BCUT2D eigenvalue weighted by molar-refractivity contribution is 5.77. The zero-order chi connectivity index (χ0) is 23.3. The first-order valence-electron chi connectivity index (χ1n) is 11.2. The molecule has 3 rings (SSSR count). The molecule has 0 amide bonds. The van der Waals surface area contributed by atoms with E-state index in [-0.39, 0.29) is 11.6 Å². The molecule has 0 radical (unpaired) electrons. The van der Waals surface area contributed by atoms with Gasteiger partial charge in [-0.05, 0) is 87.8 Å². The van der Waals surface area contributed by atoms with Gasteiger partial charge in [0.2, 0.25) is 5.96 Å². The summed E-state index contributed by atoms with van der Waals surface area (Å²) in [4.78, 5) is 4.11. The van der Waals surface area contributed by atoms with Crippen LogP contribution in [0.15, 0.2) is 29.3 Å². The Hall–Kier alpha value is -2.93. The number of ether oxygens (including phenoxy) is 2. The van der Waals surface area contributed by atoms with Crippen LogP contribution in [-0.4, -0.2) is 29.8 Å². The van der Waals surface area contributed by atoms with Gasteiger partial charge in [0, 0.05) is 18.5 Å². The van der Waals surface area contributed by atoms with Gasteiger partial charge in [-0.3, -0.25) is 10.4 Å². The quantitative estimate of drug-likeness (QED) is 0.164. The molecule has 1 aliphatic rings. The van der Waals surface area contributed by atoms with Crippen molar-refractivity contribution in [2.24, 2.45) is 16.6 Å². The number of phenolic OH excluding ortho intramolecular Hbond substituents is 1. The van der Waals surface area contributed by atoms with Gasteiger partial charge in [-0.1, -0.05) is 12.1 Å². The van der Waals surface area contributed by atoms with E-state index in [4.69, 9.17) is 21.1 Å². The number of fused-ring (bicyclic) bond motifs is 1. The second-order valence-corrected chi connectivity index (χ2v) is 8.84. The van der Waals surface area contributed by atoms with Crippen LogP contribution in [0.25, 0.3) is 0 Å². The normalized spacial score (nSPS) is 18.1. The lowest BCUT2D eigenvalue weighted by Crippen LogP contribution is -2.38. The van der Waals surface area contributed by atoms with Crippen molar-refractivity contribution in [1.82, 2.24) is 5.43 Å². The van der Waals surface area contributed by atoms with Crippen LogP contribution in [0.3, 0.4) is 0 Å². The molecule has 7 nitrogen and oxygen atoms in total. The number of benzene rings is 2. The van der Waals surface area contributed by atoms with E-state index in [0.717, 1.165) is 65.9 Å². The fourth-order valence-corrected chi connectivity index (χ4v) is 4.14. The number of guanidine groups is 1. The van der Waals surface area contributed by atoms with E-state index in [1.165, 1.54) is 5.56 Å². The van der Waals surface area contributed by atoms with Gasteiger partial charge in [-0.25, -0.2) is 5.84 Å². The summed E-state index contributed by atoms with van der Waals surface area (Å²) in [6.07, 6.45) is 4.41. The van der Waals surface area contributed by atoms with Crippen LogP contribution in [0.2, 0.25) is 0 Å². The molecule has 174 valence electrons. The van der Waals surface area contributed by atoms with Crippen LogP contribution in [0.5, 0.6) is 17.2 Å². The first-order valence-corrected chi connectivity index (χ1v) is 11.2. The summed E-state index contributed by atoms with van der Waals surface area (Å²) in [7, 11) is 0. The summed E-state index contributed by atoms with van der Waals surface area (Å²) >= 11 is 0. The minimum atomic E-state index is -0.283. The molecule has 1 heterocycles. The Bertz CT molecular complexity index is 972. The fourth-order valence-electron chi connectivity index (χ4n) is 4.14. The van der Waals surface area contributed by atoms with Gasteiger partial charge in [0.25, 0.3) is 0 Å². The summed E-state index contributed by atoms with van der Waals surface area (Å²) in [5.74, 6) is 7.63. The summed E-state index contributed by atoms with van der Waals surface area (Å²) < 4.78 is 12.5. The number of nitrogens with two attached hydrogens (primary N) is 2. The van der Waals surface area contributed by atoms with Crippen LogP contribution in [0.4, 0.5) is 0 Å². The lowest BCUT2D eigenvalue weighted by Gasteiger charge is -2.38. The van der Waals surface area contributed by atoms with E-state index in [1.54, 1.807) is 0 Å². The van der Waals surface area contributed by atoms with E-state index >= 15 is 0 Å². The van der Waals surface area contributed by atoms with Gasteiger partial charge < -0.3 is 20.3 Å². The zero-order valence-electron chi connectivity index (χ0n) is 19.6. The number of hydrogen-bond donors (Lipinski definition) is 4. The third kappa shape index (κ3) is 5.46. The second-order valence-electron chi connectivity index (χ2n) is 8.84. The van der Waals surface area contributed by atoms with Crippen LogP contribution < -0.4 is 26.5 Å². The zero-order valence-corrected chi connectivity index (χ0v) is 19.6. The number of aromatic hydroxyl groups is 1. The Balaban J connectivity index is 1.51. The molecule has 0 aliphatic carbocycles. The molecular weight excluding hydrogens is 404 g/mol. The number of nitrogens with zero attached hydrogens (tertiary/aromatic N) is 1. The number of hydrazine groups is 1. The summed E-state index contributed by atoms with van der Waals surface area (Å²) in [6.45, 7) is 9.30. The number of aryl methyl sites for hydroxylation is 1. The molecule has 1 unspecified atom stereocenters. The Kier molecular flexibility index (Phi) is 7.51. The van der Waals surface area contributed by atoms with Gasteiger partial charge >= 0.3 is 0 Å². The SMILES string of the molecule is Cc1c(C)c2c(c(C)c1O)CCC(C)(CCOc1ccc(CCCN=C(N)NN)cc1)O2. The molecule has 0 bridgehead atoms. The van der Waals surface area contributed by atoms with Crippen LogP contribution in [0, 0.1) is 20.8 Å². The fraction of sp³-hybridized carbons (Fsp3) is 0.480. The minimum absolute atomic E-state index is 0.256. The van der Waals surface area contributed by atoms with Crippen LogP contribution in [0.1, 0.15) is 54.0 Å². The number of phenols is 1. The molecule has 0 fully saturated rings. The lowest BCUT2D eigenvalue weighted by molar-refractivity contribution is 0.0411. The monoisotopic (exact) mass is 440 g/mol. The third-order valence-corrected chi connectivity index (χ3v) is 6.47. The van der Waals surface area contributed by atoms with Crippen LogP contribution >= 0.6 is 0 Å². The van der Waals surface area contributed by atoms with Gasteiger partial charge in [0.05, 0.1) is 6.61 Å². The summed E-state index contributed by atoms with van der Waals surface area (Å²) in [5.41, 5.74) is 12.8. The Morgan fingerprint density at radius 3 is 2.59 bits per heavy atom. The average molecular weight is 441 g/mol. The molecule has 0 saturated carbocycles. The van der Waals surface area contributed by atoms with Crippen molar-refractivity contribution in [3.63, 3.8) is 0 Å². The van der Waals surface area contributed by atoms with E-state index in [1.807, 2.05) is 32.9 Å². The second kappa shape index (κ2) is 10.1. The Morgan fingerprint density at radius 2 is 1.91 bits per heavy atom. The average Bonchev–Trinajstić information content (AvgIpc) is 2.79. The van der Waals surface area contributed by atoms with Gasteiger partial charge in [0.1, 0.15) is 22.8 Å². The number of rotatable bonds is 8. The number of nitrogens with one attached hydrogen (secondary N) is 1. The highest BCUT2D eigenvalue weighted by atomic mass is 16.5. The maximum absolute atomic E-state index is 10.4. The molecule has 2 aromatic carbocycles. The van der Waals surface area contributed by atoms with Crippen molar-refractivity contribution in [3.05, 3.63) is 52.1 Å². The highest BCUT2D eigenvalue weighted by Crippen LogP contribution is 2.44. The molecule has 0 saturated heterocycles. The molecule has 32 heavy (non-hydrogen) atoms. The van der Waals surface area contributed by atoms with E-state index in [2.05, 4.69) is 29.5 Å². The molecular formula is C25H36N4O3. The number of aliphatic imine (C=N–C) groups is 1. The predicted octanol–water partition coefficient (Wildman–Crippen LogP) is 3.58. The van der Waals surface area contributed by atoms with Crippen molar-refractivity contribution >= 4 is 5.96 Å².